The number of terminal acetylenes is 1. The summed E-state index contributed by atoms with van der Waals surface area (Å²) < 4.78 is 2.89. The van der Waals surface area contributed by atoms with Crippen molar-refractivity contribution in [2.45, 2.75) is 26.8 Å². The molecule has 0 aliphatic carbocycles. The van der Waals surface area contributed by atoms with E-state index in [0.29, 0.717) is 18.8 Å². The molecule has 4 heteroatoms. The van der Waals surface area contributed by atoms with Gasteiger partial charge in [0, 0.05) is 23.8 Å². The Hall–Kier alpha value is -1.21. The molecule has 92 valence electrons. The van der Waals surface area contributed by atoms with Gasteiger partial charge in [-0.25, -0.2) is 0 Å². The topological polar surface area (TPSA) is 25.2 Å². The molecule has 0 unspecified atom stereocenters. The Morgan fingerprint density at radius 3 is 2.82 bits per heavy atom. The van der Waals surface area contributed by atoms with E-state index in [1.165, 1.54) is 0 Å². The Balaban J connectivity index is 2.98. The van der Waals surface area contributed by atoms with Crippen LogP contribution in [0.3, 0.4) is 0 Å². The first kappa shape index (κ1) is 13.9. The quantitative estimate of drug-likeness (QED) is 0.767. The first-order valence-electron chi connectivity index (χ1n) is 5.72. The van der Waals surface area contributed by atoms with Crippen molar-refractivity contribution in [1.82, 2.24) is 9.47 Å². The van der Waals surface area contributed by atoms with Gasteiger partial charge in [0.2, 0.25) is 0 Å². The molecule has 0 saturated carbocycles. The van der Waals surface area contributed by atoms with Crippen LogP contribution in [0.15, 0.2) is 16.7 Å². The molecular formula is C13H17BrN2O. The minimum atomic E-state index is -0.00963. The van der Waals surface area contributed by atoms with Gasteiger partial charge in [0.05, 0.1) is 6.54 Å². The van der Waals surface area contributed by atoms with E-state index >= 15 is 0 Å². The monoisotopic (exact) mass is 296 g/mol. The maximum atomic E-state index is 12.3. The molecule has 0 radical (unpaired) electrons. The SMILES string of the molecule is C#CCN(CC)C(=O)c1cc(Br)cn1CCC. The first-order valence-corrected chi connectivity index (χ1v) is 6.51. The molecule has 0 saturated heterocycles. The summed E-state index contributed by atoms with van der Waals surface area (Å²) in [5, 5.41) is 0. The average Bonchev–Trinajstić information content (AvgIpc) is 2.67. The summed E-state index contributed by atoms with van der Waals surface area (Å²) in [6.07, 6.45) is 8.18. The van der Waals surface area contributed by atoms with Gasteiger partial charge < -0.3 is 9.47 Å². The van der Waals surface area contributed by atoms with E-state index in [1.54, 1.807) is 4.90 Å². The van der Waals surface area contributed by atoms with Crippen molar-refractivity contribution in [1.29, 1.82) is 0 Å². The van der Waals surface area contributed by atoms with Crippen LogP contribution in [0.4, 0.5) is 0 Å². The molecule has 0 aliphatic heterocycles. The van der Waals surface area contributed by atoms with Gasteiger partial charge in [-0.15, -0.1) is 6.42 Å². The number of carbonyl (C=O) groups is 1. The van der Waals surface area contributed by atoms with Crippen molar-refractivity contribution in [2.24, 2.45) is 0 Å². The van der Waals surface area contributed by atoms with Gasteiger partial charge in [0.15, 0.2) is 0 Å². The second-order valence-electron chi connectivity index (χ2n) is 3.76. The summed E-state index contributed by atoms with van der Waals surface area (Å²) in [5.74, 6) is 2.50. The number of amides is 1. The lowest BCUT2D eigenvalue weighted by atomic mass is 10.3. The number of hydrogen-bond donors (Lipinski definition) is 0. The number of rotatable bonds is 5. The summed E-state index contributed by atoms with van der Waals surface area (Å²) in [5.41, 5.74) is 0.691. The Bertz CT molecular complexity index is 431. The van der Waals surface area contributed by atoms with Crippen LogP contribution in [0.2, 0.25) is 0 Å². The number of halogens is 1. The Kier molecular flexibility index (Phi) is 5.30. The lowest BCUT2D eigenvalue weighted by molar-refractivity contribution is 0.0774. The summed E-state index contributed by atoms with van der Waals surface area (Å²) in [7, 11) is 0. The van der Waals surface area contributed by atoms with Crippen LogP contribution in [0.5, 0.6) is 0 Å². The fourth-order valence-corrected chi connectivity index (χ4v) is 2.14. The highest BCUT2D eigenvalue weighted by Crippen LogP contribution is 2.17. The molecule has 1 heterocycles. The molecule has 0 N–H and O–H groups in total. The van der Waals surface area contributed by atoms with Crippen LogP contribution < -0.4 is 0 Å². The maximum Gasteiger partial charge on any atom is 0.271 e. The van der Waals surface area contributed by atoms with Crippen molar-refractivity contribution in [3.05, 3.63) is 22.4 Å². The van der Waals surface area contributed by atoms with Gasteiger partial charge in [-0.3, -0.25) is 4.79 Å². The Labute approximate surface area is 111 Å². The third-order valence-electron chi connectivity index (χ3n) is 2.50. The van der Waals surface area contributed by atoms with Crippen LogP contribution in [0.25, 0.3) is 0 Å². The highest BCUT2D eigenvalue weighted by Gasteiger charge is 2.17. The van der Waals surface area contributed by atoms with Crippen LogP contribution >= 0.6 is 15.9 Å². The minimum absolute atomic E-state index is 0.00963. The third-order valence-corrected chi connectivity index (χ3v) is 2.93. The summed E-state index contributed by atoms with van der Waals surface area (Å²) >= 11 is 3.40. The van der Waals surface area contributed by atoms with E-state index < -0.39 is 0 Å². The second kappa shape index (κ2) is 6.51. The molecule has 3 nitrogen and oxygen atoms in total. The van der Waals surface area contributed by atoms with E-state index in [4.69, 9.17) is 6.42 Å². The van der Waals surface area contributed by atoms with Gasteiger partial charge in [-0.05, 0) is 35.3 Å². The van der Waals surface area contributed by atoms with Crippen LogP contribution in [0, 0.1) is 12.3 Å². The van der Waals surface area contributed by atoms with E-state index in [9.17, 15) is 4.79 Å². The lowest BCUT2D eigenvalue weighted by Crippen LogP contribution is -2.32. The maximum absolute atomic E-state index is 12.3. The van der Waals surface area contributed by atoms with Crippen molar-refractivity contribution in [3.8, 4) is 12.3 Å². The fraction of sp³-hybridized carbons (Fsp3) is 0.462. The summed E-state index contributed by atoms with van der Waals surface area (Å²) in [6, 6.07) is 1.84. The van der Waals surface area contributed by atoms with Crippen molar-refractivity contribution >= 4 is 21.8 Å². The van der Waals surface area contributed by atoms with Gasteiger partial charge in [0.25, 0.3) is 5.91 Å². The van der Waals surface area contributed by atoms with E-state index in [1.807, 2.05) is 23.8 Å². The number of aryl methyl sites for hydroxylation is 1. The molecule has 1 aromatic rings. The molecule has 0 atom stereocenters. The molecule has 1 amide bonds. The van der Waals surface area contributed by atoms with E-state index in [0.717, 1.165) is 17.4 Å². The van der Waals surface area contributed by atoms with Gasteiger partial charge in [-0.1, -0.05) is 12.8 Å². The van der Waals surface area contributed by atoms with Crippen LogP contribution in [-0.2, 0) is 6.54 Å². The average molecular weight is 297 g/mol. The van der Waals surface area contributed by atoms with Crippen molar-refractivity contribution < 1.29 is 4.79 Å². The minimum Gasteiger partial charge on any atom is -0.342 e. The van der Waals surface area contributed by atoms with Crippen molar-refractivity contribution in [3.63, 3.8) is 0 Å². The van der Waals surface area contributed by atoms with Gasteiger partial charge in [0.1, 0.15) is 5.69 Å². The normalized spacial score (nSPS) is 10.0. The zero-order valence-electron chi connectivity index (χ0n) is 10.2. The molecule has 17 heavy (non-hydrogen) atoms. The predicted molar refractivity (Wildman–Crippen MR) is 72.8 cm³/mol. The highest BCUT2D eigenvalue weighted by atomic mass is 79.9. The van der Waals surface area contributed by atoms with Gasteiger partial charge in [-0.2, -0.15) is 0 Å². The Morgan fingerprint density at radius 1 is 1.59 bits per heavy atom. The van der Waals surface area contributed by atoms with Crippen LogP contribution in [-0.4, -0.2) is 28.5 Å². The predicted octanol–water partition coefficient (Wildman–Crippen LogP) is 2.76. The van der Waals surface area contributed by atoms with E-state index in [-0.39, 0.29) is 5.91 Å². The van der Waals surface area contributed by atoms with E-state index in [2.05, 4.69) is 28.8 Å². The number of nitrogens with zero attached hydrogens (tertiary/aromatic N) is 2. The van der Waals surface area contributed by atoms with Crippen molar-refractivity contribution in [2.75, 3.05) is 13.1 Å². The number of hydrogen-bond acceptors (Lipinski definition) is 1. The summed E-state index contributed by atoms with van der Waals surface area (Å²) in [6.45, 7) is 5.82. The molecule has 0 spiro atoms. The van der Waals surface area contributed by atoms with Gasteiger partial charge >= 0.3 is 0 Å². The zero-order chi connectivity index (χ0) is 12.8. The summed E-state index contributed by atoms with van der Waals surface area (Å²) in [4.78, 5) is 13.9. The molecule has 0 bridgehead atoms. The number of aromatic nitrogens is 1. The molecule has 0 fully saturated rings. The molecule has 1 rings (SSSR count). The number of carbonyl (C=O) groups excluding carboxylic acids is 1. The lowest BCUT2D eigenvalue weighted by Gasteiger charge is -2.18. The molecule has 0 aliphatic rings. The standard InChI is InChI=1S/C13H17BrN2O/c1-4-7-15(6-3)13(17)12-9-11(14)10-16(12)8-5-2/h1,9-10H,5-8H2,2-3H3. The smallest absolute Gasteiger partial charge is 0.271 e. The largest absolute Gasteiger partial charge is 0.342 e. The zero-order valence-corrected chi connectivity index (χ0v) is 11.8. The molecular weight excluding hydrogens is 280 g/mol. The van der Waals surface area contributed by atoms with Crippen LogP contribution in [0.1, 0.15) is 30.8 Å². The fourth-order valence-electron chi connectivity index (χ4n) is 1.68. The molecule has 1 aromatic heterocycles. The highest BCUT2D eigenvalue weighted by molar-refractivity contribution is 9.10. The molecule has 0 aromatic carbocycles. The second-order valence-corrected chi connectivity index (χ2v) is 4.68. The first-order chi connectivity index (χ1) is 8.13. The Morgan fingerprint density at radius 2 is 2.29 bits per heavy atom. The third kappa shape index (κ3) is 3.37.